The van der Waals surface area contributed by atoms with Gasteiger partial charge < -0.3 is 10.3 Å². The van der Waals surface area contributed by atoms with Crippen LogP contribution in [0.3, 0.4) is 0 Å². The first kappa shape index (κ1) is 15.2. The molecule has 0 aliphatic carbocycles. The highest BCUT2D eigenvalue weighted by Crippen LogP contribution is 2.29. The molecule has 5 heteroatoms. The van der Waals surface area contributed by atoms with Gasteiger partial charge in [0.05, 0.1) is 0 Å². The van der Waals surface area contributed by atoms with Crippen molar-refractivity contribution >= 4 is 16.7 Å². The number of aromatic amines is 1. The van der Waals surface area contributed by atoms with Gasteiger partial charge >= 0.3 is 0 Å². The molecule has 4 rings (SSSR count). The van der Waals surface area contributed by atoms with E-state index in [1.165, 1.54) is 5.56 Å². The molecule has 0 saturated heterocycles. The number of nitrogens with zero attached hydrogens (tertiary/aromatic N) is 1. The highest BCUT2D eigenvalue weighted by molar-refractivity contribution is 5.93. The summed E-state index contributed by atoms with van der Waals surface area (Å²) in [6.45, 7) is 0.739. The van der Waals surface area contributed by atoms with Crippen LogP contribution >= 0.6 is 0 Å². The van der Waals surface area contributed by atoms with E-state index in [0.717, 1.165) is 34.5 Å². The van der Waals surface area contributed by atoms with Crippen molar-refractivity contribution in [3.8, 4) is 17.0 Å². The van der Waals surface area contributed by atoms with E-state index in [2.05, 4.69) is 32.4 Å². The molecule has 124 valence electrons. The van der Waals surface area contributed by atoms with Gasteiger partial charge in [-0.2, -0.15) is 0 Å². The van der Waals surface area contributed by atoms with Gasteiger partial charge in [-0.05, 0) is 47.5 Å². The van der Waals surface area contributed by atoms with Crippen molar-refractivity contribution in [2.24, 2.45) is 0 Å². The maximum Gasteiger partial charge on any atom is 0.171 e. The van der Waals surface area contributed by atoms with Gasteiger partial charge in [0.1, 0.15) is 5.65 Å². The number of fused-ring (bicyclic) bond motifs is 1. The number of nitrogens with one attached hydrogen (secondary N) is 2. The van der Waals surface area contributed by atoms with Crippen molar-refractivity contribution in [3.05, 3.63) is 78.5 Å². The van der Waals surface area contributed by atoms with Crippen molar-refractivity contribution < 1.29 is 9.47 Å². The lowest BCUT2D eigenvalue weighted by molar-refractivity contribution is -0.00618. The first-order valence-corrected chi connectivity index (χ1v) is 7.98. The van der Waals surface area contributed by atoms with Crippen LogP contribution in [-0.2, 0) is 6.54 Å². The topological polar surface area (TPSA) is 49.9 Å². The third-order valence-electron chi connectivity index (χ3n) is 4.11. The second kappa shape index (κ2) is 6.65. The van der Waals surface area contributed by atoms with Crippen LogP contribution in [0.4, 0.5) is 10.2 Å². The molecule has 0 aliphatic heterocycles. The Kier molecular flexibility index (Phi) is 4.04. The zero-order valence-electron chi connectivity index (χ0n) is 13.4. The molecule has 2 N–H and O–H groups in total. The first-order chi connectivity index (χ1) is 12.3. The van der Waals surface area contributed by atoms with Gasteiger partial charge in [-0.15, -0.1) is 0 Å². The summed E-state index contributed by atoms with van der Waals surface area (Å²) in [4.78, 5) is 11.4. The average Bonchev–Trinajstić information content (AvgIpc) is 3.12. The number of H-pyrrole nitrogens is 1. The fourth-order valence-electron chi connectivity index (χ4n) is 2.82. The molecule has 0 aliphatic rings. The number of hydrogen-bond donors (Lipinski definition) is 2. The summed E-state index contributed by atoms with van der Waals surface area (Å²) >= 11 is 0. The molecule has 0 fully saturated rings. The van der Waals surface area contributed by atoms with Crippen LogP contribution in [0.15, 0.2) is 72.9 Å². The third-order valence-corrected chi connectivity index (χ3v) is 4.11. The Morgan fingerprint density at radius 1 is 1.00 bits per heavy atom. The van der Waals surface area contributed by atoms with Crippen LogP contribution < -0.4 is 10.3 Å². The molecule has 0 unspecified atom stereocenters. The predicted molar refractivity (Wildman–Crippen MR) is 97.0 cm³/mol. The minimum Gasteiger partial charge on any atom is -0.380 e. The van der Waals surface area contributed by atoms with Crippen LogP contribution in [0.5, 0.6) is 5.75 Å². The van der Waals surface area contributed by atoms with Gasteiger partial charge in [0, 0.05) is 34.0 Å². The van der Waals surface area contributed by atoms with Crippen LogP contribution in [0, 0.1) is 0 Å². The van der Waals surface area contributed by atoms with Gasteiger partial charge in [-0.1, -0.05) is 30.3 Å². The second-order valence-corrected chi connectivity index (χ2v) is 5.74. The standard InChI is InChI=1S/C20H16FN3O/c21-25-16-8-6-15(7-9-16)19-12-17-18(10-11-22-20(17)24-19)23-13-14-4-2-1-3-5-14/h1-12H,13H2,(H2,22,23,24). The summed E-state index contributed by atoms with van der Waals surface area (Å²) in [6.07, 6.45) is 1.77. The maximum absolute atomic E-state index is 12.2. The van der Waals surface area contributed by atoms with E-state index in [4.69, 9.17) is 0 Å². The van der Waals surface area contributed by atoms with Crippen LogP contribution in [0.25, 0.3) is 22.3 Å². The molecule has 0 radical (unpaired) electrons. The van der Waals surface area contributed by atoms with E-state index >= 15 is 0 Å². The SMILES string of the molecule is FOc1ccc(-c2cc3c(NCc4ccccc4)ccnc3[nH]2)cc1. The Balaban J connectivity index is 1.63. The predicted octanol–water partition coefficient (Wildman–Crippen LogP) is 5.11. The molecule has 25 heavy (non-hydrogen) atoms. The number of halogens is 1. The van der Waals surface area contributed by atoms with Crippen molar-refractivity contribution in [2.75, 3.05) is 5.32 Å². The van der Waals surface area contributed by atoms with Crippen molar-refractivity contribution in [1.29, 1.82) is 0 Å². The molecule has 0 saturated carbocycles. The normalized spacial score (nSPS) is 10.8. The Labute approximate surface area is 144 Å². The molecule has 4 nitrogen and oxygen atoms in total. The van der Waals surface area contributed by atoms with Crippen molar-refractivity contribution in [3.63, 3.8) is 0 Å². The Bertz CT molecular complexity index is 981. The molecule has 0 spiro atoms. The highest BCUT2D eigenvalue weighted by atomic mass is 19.3. The number of aromatic nitrogens is 2. The van der Waals surface area contributed by atoms with Gasteiger partial charge in [0.2, 0.25) is 0 Å². The summed E-state index contributed by atoms with van der Waals surface area (Å²) < 4.78 is 12.2. The third kappa shape index (κ3) is 3.17. The average molecular weight is 333 g/mol. The molecule has 0 atom stereocenters. The van der Waals surface area contributed by atoms with Gasteiger partial charge in [-0.25, -0.2) is 4.98 Å². The van der Waals surface area contributed by atoms with E-state index in [0.29, 0.717) is 0 Å². The number of benzene rings is 2. The lowest BCUT2D eigenvalue weighted by atomic mass is 10.1. The van der Waals surface area contributed by atoms with Crippen LogP contribution in [0.1, 0.15) is 5.56 Å². The number of pyridine rings is 1. The molecule has 2 aromatic heterocycles. The number of hydrogen-bond acceptors (Lipinski definition) is 3. The highest BCUT2D eigenvalue weighted by Gasteiger charge is 2.08. The molecule has 4 aromatic rings. The molecule has 2 aromatic carbocycles. The van der Waals surface area contributed by atoms with Gasteiger partial charge in [-0.3, -0.25) is 4.94 Å². The molecule has 0 bridgehead atoms. The molecule has 2 heterocycles. The quantitative estimate of drug-likeness (QED) is 0.534. The van der Waals surface area contributed by atoms with E-state index < -0.39 is 0 Å². The summed E-state index contributed by atoms with van der Waals surface area (Å²) in [5.41, 5.74) is 4.89. The summed E-state index contributed by atoms with van der Waals surface area (Å²) in [6, 6.07) is 21.0. The molecular formula is C20H16FN3O. The monoisotopic (exact) mass is 333 g/mol. The fraction of sp³-hybridized carbons (Fsp3) is 0.0500. The summed E-state index contributed by atoms with van der Waals surface area (Å²) in [5, 5.41) is 4.47. The Morgan fingerprint density at radius 2 is 1.80 bits per heavy atom. The maximum atomic E-state index is 12.2. The molecule has 0 amide bonds. The Morgan fingerprint density at radius 3 is 2.56 bits per heavy atom. The first-order valence-electron chi connectivity index (χ1n) is 7.98. The molecular weight excluding hydrogens is 317 g/mol. The zero-order valence-corrected chi connectivity index (χ0v) is 13.4. The van der Waals surface area contributed by atoms with E-state index in [1.54, 1.807) is 30.5 Å². The minimum atomic E-state index is 0.184. The fourth-order valence-corrected chi connectivity index (χ4v) is 2.82. The number of anilines is 1. The summed E-state index contributed by atoms with van der Waals surface area (Å²) in [7, 11) is 0. The van der Waals surface area contributed by atoms with E-state index in [1.807, 2.05) is 30.3 Å². The summed E-state index contributed by atoms with van der Waals surface area (Å²) in [5.74, 6) is 0.184. The number of rotatable bonds is 5. The van der Waals surface area contributed by atoms with E-state index in [9.17, 15) is 4.53 Å². The van der Waals surface area contributed by atoms with E-state index in [-0.39, 0.29) is 5.75 Å². The van der Waals surface area contributed by atoms with Gasteiger partial charge in [0.15, 0.2) is 5.75 Å². The second-order valence-electron chi connectivity index (χ2n) is 5.74. The van der Waals surface area contributed by atoms with Crippen molar-refractivity contribution in [2.45, 2.75) is 6.54 Å². The van der Waals surface area contributed by atoms with Crippen molar-refractivity contribution in [1.82, 2.24) is 9.97 Å². The lowest BCUT2D eigenvalue weighted by Gasteiger charge is -2.07. The van der Waals surface area contributed by atoms with Crippen LogP contribution in [-0.4, -0.2) is 9.97 Å². The van der Waals surface area contributed by atoms with Crippen LogP contribution in [0.2, 0.25) is 0 Å². The van der Waals surface area contributed by atoms with Gasteiger partial charge in [0.25, 0.3) is 0 Å². The largest absolute Gasteiger partial charge is 0.380 e. The Hall–Kier alpha value is -3.34. The zero-order chi connectivity index (χ0) is 17.1. The minimum absolute atomic E-state index is 0.184. The smallest absolute Gasteiger partial charge is 0.171 e. The lowest BCUT2D eigenvalue weighted by Crippen LogP contribution is -1.99.